The third-order valence-electron chi connectivity index (χ3n) is 7.53. The van der Waals surface area contributed by atoms with Crippen molar-refractivity contribution in [2.75, 3.05) is 45.3 Å². The number of halogens is 2. The Morgan fingerprint density at radius 3 is 2.58 bits per heavy atom. The summed E-state index contributed by atoms with van der Waals surface area (Å²) in [5, 5.41) is 25.7. The predicted octanol–water partition coefficient (Wildman–Crippen LogP) is 0.585. The first-order valence-corrected chi connectivity index (χ1v) is 12.2. The average molecular weight is 529 g/mol. The minimum Gasteiger partial charge on any atom is -0.628 e. The number of alkyl halides is 2. The van der Waals surface area contributed by atoms with Gasteiger partial charge in [-0.1, -0.05) is 0 Å². The Bertz CT molecular complexity index is 1380. The Balaban J connectivity index is 1.16. The van der Waals surface area contributed by atoms with Gasteiger partial charge < -0.3 is 24.9 Å². The lowest BCUT2D eigenvalue weighted by molar-refractivity contribution is -0.782. The van der Waals surface area contributed by atoms with Gasteiger partial charge in [-0.25, -0.2) is 23.7 Å². The molecule has 5 heterocycles. The summed E-state index contributed by atoms with van der Waals surface area (Å²) >= 11 is 0. The highest BCUT2D eigenvalue weighted by atomic mass is 19.3. The van der Waals surface area contributed by atoms with Crippen LogP contribution in [-0.2, 0) is 0 Å². The third kappa shape index (κ3) is 3.89. The number of nitrogens with one attached hydrogen (secondary N) is 1. The second-order valence-corrected chi connectivity index (χ2v) is 10.4. The van der Waals surface area contributed by atoms with E-state index in [0.29, 0.717) is 11.5 Å². The molecule has 0 aromatic carbocycles. The Kier molecular flexibility index (Phi) is 5.47. The van der Waals surface area contributed by atoms with E-state index in [1.165, 1.54) is 42.9 Å². The van der Waals surface area contributed by atoms with Gasteiger partial charge in [0.15, 0.2) is 18.2 Å². The minimum atomic E-state index is -2.58. The Morgan fingerprint density at radius 1 is 1.21 bits per heavy atom. The van der Waals surface area contributed by atoms with E-state index in [1.54, 1.807) is 23.4 Å². The lowest BCUT2D eigenvalue weighted by Gasteiger charge is -2.42. The number of aromatic nitrogens is 6. The lowest BCUT2D eigenvalue weighted by Crippen LogP contribution is -3.03. The van der Waals surface area contributed by atoms with Crippen LogP contribution in [0.1, 0.15) is 23.5 Å². The van der Waals surface area contributed by atoms with E-state index in [0.717, 1.165) is 0 Å². The lowest BCUT2D eigenvalue weighted by atomic mass is 10.2. The summed E-state index contributed by atoms with van der Waals surface area (Å²) in [5.74, 6) is -3.24. The molecule has 0 spiro atoms. The Morgan fingerprint density at radius 2 is 1.89 bits per heavy atom. The highest BCUT2D eigenvalue weighted by molar-refractivity contribution is 5.98. The van der Waals surface area contributed by atoms with Crippen LogP contribution in [0.25, 0.3) is 11.4 Å². The molecule has 13 nitrogen and oxygen atoms in total. The fraction of sp³-hybridized carbons (Fsp3) is 0.478. The molecule has 1 N–H and O–H groups in total. The van der Waals surface area contributed by atoms with E-state index < -0.39 is 28.4 Å². The molecular weight excluding hydrogens is 502 g/mol. The quantitative estimate of drug-likeness (QED) is 0.276. The van der Waals surface area contributed by atoms with Crippen LogP contribution in [0.15, 0.2) is 31.0 Å². The molecule has 1 amide bonds. The highest BCUT2D eigenvalue weighted by Crippen LogP contribution is 2.59. The van der Waals surface area contributed by atoms with E-state index in [4.69, 9.17) is 0 Å². The van der Waals surface area contributed by atoms with E-state index in [2.05, 4.69) is 24.9 Å². The predicted molar refractivity (Wildman–Crippen MR) is 131 cm³/mol. The molecule has 2 fully saturated rings. The van der Waals surface area contributed by atoms with Crippen LogP contribution in [0.3, 0.4) is 0 Å². The van der Waals surface area contributed by atoms with Crippen molar-refractivity contribution in [2.24, 2.45) is 11.8 Å². The Hall–Kier alpha value is -3.66. The molecule has 0 bridgehead atoms. The molecular formula is C23H26F2N10O3. The third-order valence-corrected chi connectivity index (χ3v) is 7.53. The molecule has 5 unspecified atom stereocenters. The van der Waals surface area contributed by atoms with Crippen LogP contribution in [0, 0.1) is 22.3 Å². The number of imidazole rings is 1. The monoisotopic (exact) mass is 528 g/mol. The van der Waals surface area contributed by atoms with E-state index in [-0.39, 0.29) is 60.4 Å². The van der Waals surface area contributed by atoms with Crippen LogP contribution in [0.5, 0.6) is 0 Å². The van der Waals surface area contributed by atoms with Crippen molar-refractivity contribution in [1.82, 2.24) is 39.0 Å². The van der Waals surface area contributed by atoms with Crippen LogP contribution in [-0.4, -0.2) is 86.6 Å². The van der Waals surface area contributed by atoms with Gasteiger partial charge in [-0.2, -0.15) is 9.97 Å². The Labute approximate surface area is 216 Å². The number of anilines is 1. The van der Waals surface area contributed by atoms with Crippen molar-refractivity contribution in [3.63, 3.8) is 0 Å². The minimum absolute atomic E-state index is 0.0101. The molecule has 1 aliphatic carbocycles. The summed E-state index contributed by atoms with van der Waals surface area (Å²) < 4.78 is 27.7. The van der Waals surface area contributed by atoms with Crippen molar-refractivity contribution < 1.29 is 18.6 Å². The molecule has 1 saturated heterocycles. The number of hydrogen-bond acceptors (Lipinski definition) is 9. The maximum absolute atomic E-state index is 13.5. The van der Waals surface area contributed by atoms with Crippen molar-refractivity contribution in [3.05, 3.63) is 47.1 Å². The SMILES string of the molecule is CC(C[NH+]([O-])c1ccnc(-c2cnc(N3CC4C(C3)C4(F)F)nc2)n1)n1cnc2c1C(=O)N(C)C[N+]2(C)[O-]. The summed E-state index contributed by atoms with van der Waals surface area (Å²) in [6.45, 7) is 2.19. The smallest absolute Gasteiger partial charge is 0.282 e. The van der Waals surface area contributed by atoms with Gasteiger partial charge in [0.2, 0.25) is 11.8 Å². The van der Waals surface area contributed by atoms with Gasteiger partial charge >= 0.3 is 0 Å². The molecule has 200 valence electrons. The molecule has 2 aliphatic heterocycles. The molecule has 5 atom stereocenters. The van der Waals surface area contributed by atoms with Gasteiger partial charge in [0.1, 0.15) is 12.9 Å². The fourth-order valence-corrected chi connectivity index (χ4v) is 5.35. The first-order valence-electron chi connectivity index (χ1n) is 12.2. The first kappa shape index (κ1) is 24.7. The maximum atomic E-state index is 13.5. The first-order chi connectivity index (χ1) is 18.0. The van der Waals surface area contributed by atoms with Gasteiger partial charge in [0.05, 0.1) is 30.5 Å². The summed E-state index contributed by atoms with van der Waals surface area (Å²) in [6, 6.07) is 1.03. The van der Waals surface area contributed by atoms with Gasteiger partial charge in [0.25, 0.3) is 17.6 Å². The zero-order valence-electron chi connectivity index (χ0n) is 21.0. The number of hydrogen-bond donors (Lipinski definition) is 1. The number of hydroxylamine groups is 3. The normalized spacial score (nSPS) is 27.2. The van der Waals surface area contributed by atoms with E-state index >= 15 is 0 Å². The van der Waals surface area contributed by atoms with Gasteiger partial charge in [-0.3, -0.25) is 14.3 Å². The summed E-state index contributed by atoms with van der Waals surface area (Å²) in [6.07, 6.45) is 5.90. The second kappa shape index (κ2) is 8.42. The fourth-order valence-electron chi connectivity index (χ4n) is 5.35. The summed E-state index contributed by atoms with van der Waals surface area (Å²) in [7, 11) is 2.98. The number of rotatable bonds is 6. The highest BCUT2D eigenvalue weighted by Gasteiger charge is 2.72. The number of carbonyl (C=O) groups excluding carboxylic acids is 1. The van der Waals surface area contributed by atoms with Crippen LogP contribution in [0.4, 0.5) is 26.4 Å². The standard InChI is InChI=1S/C23H26F2N10O3/c1-13(33-11-29-20-18(33)21(36)31(2)12-35(20,3)38)8-34(37)17-4-5-26-19(30-17)14-6-27-22(28-7-14)32-9-15-16(10-32)23(15,24)25/h4-7,11,13,15-16,34H,8-10,12H2,1-3H3. The molecule has 3 aromatic rings. The van der Waals surface area contributed by atoms with Crippen LogP contribution >= 0.6 is 0 Å². The molecule has 3 aliphatic rings. The van der Waals surface area contributed by atoms with Crippen molar-refractivity contribution in [1.29, 1.82) is 0 Å². The molecule has 1 saturated carbocycles. The van der Waals surface area contributed by atoms with Gasteiger partial charge in [-0.05, 0) is 6.92 Å². The second-order valence-electron chi connectivity index (χ2n) is 10.4. The summed E-state index contributed by atoms with van der Waals surface area (Å²) in [5.41, 5.74) is 0.659. The average Bonchev–Trinajstić information content (AvgIpc) is 3.33. The number of nitrogens with zero attached hydrogens (tertiary/aromatic N) is 9. The number of fused-ring (bicyclic) bond motifs is 2. The van der Waals surface area contributed by atoms with Crippen molar-refractivity contribution in [3.8, 4) is 11.4 Å². The van der Waals surface area contributed by atoms with Gasteiger partial charge in [-0.15, -0.1) is 0 Å². The number of amides is 1. The summed E-state index contributed by atoms with van der Waals surface area (Å²) in [4.78, 5) is 37.2. The zero-order valence-corrected chi connectivity index (χ0v) is 21.0. The molecule has 38 heavy (non-hydrogen) atoms. The van der Waals surface area contributed by atoms with Crippen molar-refractivity contribution in [2.45, 2.75) is 18.9 Å². The molecule has 0 radical (unpaired) electrons. The van der Waals surface area contributed by atoms with E-state index in [9.17, 15) is 24.0 Å². The maximum Gasteiger partial charge on any atom is 0.282 e. The largest absolute Gasteiger partial charge is 0.628 e. The van der Waals surface area contributed by atoms with Gasteiger partial charge in [0, 0.05) is 44.8 Å². The number of carbonyl (C=O) groups is 1. The topological polar surface area (TPSA) is 143 Å². The van der Waals surface area contributed by atoms with Crippen LogP contribution in [0.2, 0.25) is 0 Å². The van der Waals surface area contributed by atoms with E-state index in [1.807, 2.05) is 0 Å². The van der Waals surface area contributed by atoms with Crippen molar-refractivity contribution >= 4 is 23.5 Å². The number of piperidine rings is 1. The molecule has 15 heteroatoms. The molecule has 3 aromatic heterocycles. The number of quaternary nitrogens is 2. The molecule has 6 rings (SSSR count). The van der Waals surface area contributed by atoms with Crippen LogP contribution < -0.4 is 14.6 Å². The zero-order chi connectivity index (χ0) is 27.0.